The third-order valence-electron chi connectivity index (χ3n) is 8.66. The molecule has 39 heavy (non-hydrogen) atoms. The number of ether oxygens (including phenoxy) is 1. The molecule has 9 heteroatoms. The molecule has 2 saturated carbocycles. The number of hydrogen-bond donors (Lipinski definition) is 1. The topological polar surface area (TPSA) is 110 Å². The summed E-state index contributed by atoms with van der Waals surface area (Å²) in [5.41, 5.74) is 1.28. The second-order valence-electron chi connectivity index (χ2n) is 11.1. The average Bonchev–Trinajstić information content (AvgIpc) is 3.43. The van der Waals surface area contributed by atoms with Crippen molar-refractivity contribution in [1.82, 2.24) is 25.3 Å². The van der Waals surface area contributed by atoms with Crippen molar-refractivity contribution in [3.8, 4) is 17.1 Å². The molecule has 0 radical (unpaired) electrons. The van der Waals surface area contributed by atoms with E-state index in [0.717, 1.165) is 55.4 Å². The van der Waals surface area contributed by atoms with Gasteiger partial charge in [0, 0.05) is 43.0 Å². The van der Waals surface area contributed by atoms with E-state index in [2.05, 4.69) is 20.4 Å². The molecule has 2 aliphatic carbocycles. The molecule has 1 N–H and O–H groups in total. The predicted octanol–water partition coefficient (Wildman–Crippen LogP) is 4.25. The summed E-state index contributed by atoms with van der Waals surface area (Å²) in [6.45, 7) is 1.32. The predicted molar refractivity (Wildman–Crippen MR) is 144 cm³/mol. The van der Waals surface area contributed by atoms with Gasteiger partial charge in [0.2, 0.25) is 23.5 Å². The lowest BCUT2D eigenvalue weighted by Crippen LogP contribution is -2.50. The summed E-state index contributed by atoms with van der Waals surface area (Å²) in [7, 11) is 1.65. The zero-order valence-corrected chi connectivity index (χ0v) is 22.3. The maximum Gasteiger partial charge on any atom is 0.233 e. The molecule has 9 nitrogen and oxygen atoms in total. The fraction of sp³-hybridized carbons (Fsp3) is 0.500. The standard InChI is InChI=1S/C30H35N5O4/c1-38-23-10-8-22(9-11-23)30(12-13-30)29(37)35-16-5-3-2-4-15-32-27(36)24-17-21(18-25(24)35)28-33-26(34-39-28)20-7-6-14-31-19-20/h6-11,14,19,21,24-25H,2-5,12-13,15-18H2,1H3,(H,32,36)/t21-,24-,25+/m1/s1. The fourth-order valence-corrected chi connectivity index (χ4v) is 6.31. The number of hydrogen-bond acceptors (Lipinski definition) is 7. The smallest absolute Gasteiger partial charge is 0.233 e. The fourth-order valence-electron chi connectivity index (χ4n) is 6.31. The average molecular weight is 530 g/mol. The van der Waals surface area contributed by atoms with Crippen LogP contribution in [0.15, 0.2) is 53.3 Å². The van der Waals surface area contributed by atoms with E-state index in [4.69, 9.17) is 9.26 Å². The number of fused-ring (bicyclic) bond motifs is 1. The van der Waals surface area contributed by atoms with Crippen LogP contribution in [0.4, 0.5) is 0 Å². The number of carbonyl (C=O) groups excluding carboxylic acids is 2. The number of pyridine rings is 1. The molecule has 1 aliphatic heterocycles. The minimum Gasteiger partial charge on any atom is -0.497 e. The van der Waals surface area contributed by atoms with Gasteiger partial charge in [-0.15, -0.1) is 0 Å². The normalized spacial score (nSPS) is 24.8. The molecule has 3 aliphatic rings. The lowest BCUT2D eigenvalue weighted by Gasteiger charge is -2.35. The second kappa shape index (κ2) is 10.8. The molecule has 1 saturated heterocycles. The van der Waals surface area contributed by atoms with Crippen molar-refractivity contribution in [1.29, 1.82) is 0 Å². The van der Waals surface area contributed by atoms with Gasteiger partial charge in [0.1, 0.15) is 5.75 Å². The van der Waals surface area contributed by atoms with Crippen molar-refractivity contribution in [2.24, 2.45) is 5.92 Å². The third kappa shape index (κ3) is 5.02. The summed E-state index contributed by atoms with van der Waals surface area (Å²) < 4.78 is 11.0. The molecule has 0 unspecified atom stereocenters. The van der Waals surface area contributed by atoms with Crippen molar-refractivity contribution >= 4 is 11.8 Å². The van der Waals surface area contributed by atoms with Gasteiger partial charge in [0.05, 0.1) is 18.4 Å². The minimum absolute atomic E-state index is 0.0171. The first-order valence-electron chi connectivity index (χ1n) is 14.1. The largest absolute Gasteiger partial charge is 0.497 e. The first-order valence-corrected chi connectivity index (χ1v) is 14.1. The van der Waals surface area contributed by atoms with E-state index < -0.39 is 5.41 Å². The summed E-state index contributed by atoms with van der Waals surface area (Å²) in [6.07, 6.45) is 10.2. The second-order valence-corrected chi connectivity index (χ2v) is 11.1. The zero-order valence-electron chi connectivity index (χ0n) is 22.3. The Morgan fingerprint density at radius 1 is 1.10 bits per heavy atom. The van der Waals surface area contributed by atoms with Gasteiger partial charge < -0.3 is 19.5 Å². The molecule has 3 heterocycles. The van der Waals surface area contributed by atoms with E-state index in [1.54, 1.807) is 19.5 Å². The monoisotopic (exact) mass is 529 g/mol. The zero-order chi connectivity index (χ0) is 26.8. The Labute approximate surface area is 228 Å². The highest BCUT2D eigenvalue weighted by Crippen LogP contribution is 2.52. The van der Waals surface area contributed by atoms with Crippen LogP contribution >= 0.6 is 0 Å². The van der Waals surface area contributed by atoms with Gasteiger partial charge in [-0.3, -0.25) is 14.6 Å². The van der Waals surface area contributed by atoms with Crippen molar-refractivity contribution in [2.45, 2.75) is 68.7 Å². The number of benzene rings is 1. The van der Waals surface area contributed by atoms with Crippen LogP contribution < -0.4 is 10.1 Å². The Morgan fingerprint density at radius 2 is 1.92 bits per heavy atom. The molecule has 3 fully saturated rings. The van der Waals surface area contributed by atoms with Crippen LogP contribution in [0, 0.1) is 5.92 Å². The van der Waals surface area contributed by atoms with Crippen LogP contribution in [0.2, 0.25) is 0 Å². The van der Waals surface area contributed by atoms with E-state index in [1.165, 1.54) is 0 Å². The molecule has 0 bridgehead atoms. The van der Waals surface area contributed by atoms with E-state index >= 15 is 0 Å². The van der Waals surface area contributed by atoms with Gasteiger partial charge in [-0.05, 0) is 68.4 Å². The highest BCUT2D eigenvalue weighted by molar-refractivity contribution is 5.92. The summed E-state index contributed by atoms with van der Waals surface area (Å²) in [5.74, 6) is 1.51. The van der Waals surface area contributed by atoms with Gasteiger partial charge in [-0.1, -0.05) is 30.1 Å². The van der Waals surface area contributed by atoms with Gasteiger partial charge >= 0.3 is 0 Å². The van der Waals surface area contributed by atoms with Crippen LogP contribution in [-0.4, -0.2) is 58.1 Å². The van der Waals surface area contributed by atoms with Crippen molar-refractivity contribution in [2.75, 3.05) is 20.2 Å². The Morgan fingerprint density at radius 3 is 2.67 bits per heavy atom. The van der Waals surface area contributed by atoms with Crippen molar-refractivity contribution < 1.29 is 18.8 Å². The van der Waals surface area contributed by atoms with Gasteiger partial charge in [0.15, 0.2) is 0 Å². The number of nitrogens with one attached hydrogen (secondary N) is 1. The molecule has 3 atom stereocenters. The number of amides is 2. The van der Waals surface area contributed by atoms with Crippen LogP contribution in [-0.2, 0) is 15.0 Å². The maximum absolute atomic E-state index is 14.4. The van der Waals surface area contributed by atoms with Gasteiger partial charge in [-0.2, -0.15) is 4.98 Å². The SMILES string of the molecule is COc1ccc(C2(C(=O)N3CCCCCCNC(=O)[C@@H]4C[C@@H](c5nc(-c6cccnc6)no5)C[C@@H]43)CC2)cc1. The van der Waals surface area contributed by atoms with Crippen LogP contribution in [0.1, 0.15) is 68.7 Å². The Balaban J connectivity index is 1.30. The molecule has 6 rings (SSSR count). The Kier molecular flexibility index (Phi) is 7.06. The van der Waals surface area contributed by atoms with E-state index in [1.807, 2.05) is 41.3 Å². The lowest BCUT2D eigenvalue weighted by atomic mass is 9.91. The summed E-state index contributed by atoms with van der Waals surface area (Å²) in [5, 5.41) is 7.33. The number of rotatable bonds is 5. The molecular weight excluding hydrogens is 494 g/mol. The molecule has 2 amide bonds. The number of nitrogens with zero attached hydrogens (tertiary/aromatic N) is 4. The number of methoxy groups -OCH3 is 1. The molecule has 0 spiro atoms. The van der Waals surface area contributed by atoms with Crippen LogP contribution in [0.5, 0.6) is 5.75 Å². The third-order valence-corrected chi connectivity index (χ3v) is 8.66. The number of aromatic nitrogens is 3. The molecule has 3 aromatic rings. The minimum atomic E-state index is -0.524. The number of carbonyl (C=O) groups is 2. The van der Waals surface area contributed by atoms with E-state index in [9.17, 15) is 9.59 Å². The first-order chi connectivity index (χ1) is 19.1. The summed E-state index contributed by atoms with van der Waals surface area (Å²) >= 11 is 0. The molecule has 1 aromatic carbocycles. The van der Waals surface area contributed by atoms with Gasteiger partial charge in [0.25, 0.3) is 0 Å². The maximum atomic E-state index is 14.4. The molecule has 2 aromatic heterocycles. The Hall–Kier alpha value is -3.75. The van der Waals surface area contributed by atoms with Crippen LogP contribution in [0.3, 0.4) is 0 Å². The highest BCUT2D eigenvalue weighted by Gasteiger charge is 2.56. The molecule has 204 valence electrons. The Bertz CT molecular complexity index is 1300. The van der Waals surface area contributed by atoms with E-state index in [-0.39, 0.29) is 29.7 Å². The summed E-state index contributed by atoms with van der Waals surface area (Å²) in [4.78, 5) is 38.7. The van der Waals surface area contributed by atoms with Crippen molar-refractivity contribution in [3.05, 3.63) is 60.2 Å². The lowest BCUT2D eigenvalue weighted by molar-refractivity contribution is -0.139. The van der Waals surface area contributed by atoms with E-state index in [0.29, 0.717) is 37.6 Å². The van der Waals surface area contributed by atoms with Crippen LogP contribution in [0.25, 0.3) is 11.4 Å². The highest BCUT2D eigenvalue weighted by atomic mass is 16.5. The quantitative estimate of drug-likeness (QED) is 0.526. The first kappa shape index (κ1) is 25.5. The van der Waals surface area contributed by atoms with Gasteiger partial charge in [-0.25, -0.2) is 0 Å². The summed E-state index contributed by atoms with van der Waals surface area (Å²) in [6, 6.07) is 11.4. The molecular formula is C30H35N5O4. The van der Waals surface area contributed by atoms with Crippen molar-refractivity contribution in [3.63, 3.8) is 0 Å².